The summed E-state index contributed by atoms with van der Waals surface area (Å²) in [6.45, 7) is 5.75. The molecule has 2 aromatic heterocycles. The summed E-state index contributed by atoms with van der Waals surface area (Å²) < 4.78 is 5.54. The van der Waals surface area contributed by atoms with E-state index in [-0.39, 0.29) is 11.9 Å². The van der Waals surface area contributed by atoms with Crippen LogP contribution in [0, 0.1) is 6.92 Å². The maximum absolute atomic E-state index is 12.4. The van der Waals surface area contributed by atoms with Crippen LogP contribution in [0.1, 0.15) is 35.3 Å². The first-order chi connectivity index (χ1) is 9.08. The largest absolute Gasteiger partial charge is 0.489 e. The monoisotopic (exact) mass is 256 g/mol. The van der Waals surface area contributed by atoms with Gasteiger partial charge in [-0.2, -0.15) is 0 Å². The van der Waals surface area contributed by atoms with Crippen LogP contribution in [0.3, 0.4) is 0 Å². The van der Waals surface area contributed by atoms with E-state index in [2.05, 4.69) is 9.97 Å². The second-order valence-corrected chi connectivity index (χ2v) is 4.60. The average Bonchev–Trinajstić information content (AvgIpc) is 2.38. The molecule has 0 amide bonds. The SMILES string of the molecule is Cc1ccncc1C(=O)c1cncc(OC(C)C)c1. The van der Waals surface area contributed by atoms with E-state index < -0.39 is 0 Å². The standard InChI is InChI=1S/C15H16N2O2/c1-10(2)19-13-6-12(7-17-8-13)15(18)14-9-16-5-4-11(14)3/h4-10H,1-3H3. The Kier molecular flexibility index (Phi) is 3.90. The highest BCUT2D eigenvalue weighted by Crippen LogP contribution is 2.17. The number of hydrogen-bond donors (Lipinski definition) is 0. The molecule has 0 saturated heterocycles. The molecule has 0 radical (unpaired) electrons. The van der Waals surface area contributed by atoms with Crippen molar-refractivity contribution in [3.8, 4) is 5.75 Å². The molecule has 0 aliphatic carbocycles. The zero-order valence-corrected chi connectivity index (χ0v) is 11.3. The number of carbonyl (C=O) groups excluding carboxylic acids is 1. The topological polar surface area (TPSA) is 52.1 Å². The molecule has 0 spiro atoms. The van der Waals surface area contributed by atoms with Crippen LogP contribution in [-0.4, -0.2) is 21.9 Å². The molecule has 2 heterocycles. The molecule has 0 saturated carbocycles. The molecule has 0 bridgehead atoms. The van der Waals surface area contributed by atoms with Crippen LogP contribution in [0.5, 0.6) is 5.75 Å². The number of nitrogens with zero attached hydrogens (tertiary/aromatic N) is 2. The van der Waals surface area contributed by atoms with Crippen molar-refractivity contribution in [3.63, 3.8) is 0 Å². The van der Waals surface area contributed by atoms with Gasteiger partial charge in [0.05, 0.1) is 12.3 Å². The summed E-state index contributed by atoms with van der Waals surface area (Å²) in [6.07, 6.45) is 6.44. The Labute approximate surface area is 112 Å². The van der Waals surface area contributed by atoms with Crippen LogP contribution >= 0.6 is 0 Å². The van der Waals surface area contributed by atoms with Crippen LogP contribution in [0.15, 0.2) is 36.9 Å². The number of ether oxygens (including phenoxy) is 1. The number of ketones is 1. The summed E-state index contributed by atoms with van der Waals surface area (Å²) in [5, 5.41) is 0. The van der Waals surface area contributed by atoms with E-state index in [4.69, 9.17) is 4.74 Å². The highest BCUT2D eigenvalue weighted by Gasteiger charge is 2.13. The van der Waals surface area contributed by atoms with Crippen LogP contribution in [0.25, 0.3) is 0 Å². The summed E-state index contributed by atoms with van der Waals surface area (Å²) in [5.74, 6) is 0.509. The predicted molar refractivity (Wildman–Crippen MR) is 72.4 cm³/mol. The molecule has 0 aliphatic heterocycles. The normalized spacial score (nSPS) is 10.5. The lowest BCUT2D eigenvalue weighted by molar-refractivity contribution is 0.103. The third kappa shape index (κ3) is 3.16. The van der Waals surface area contributed by atoms with Gasteiger partial charge in [-0.3, -0.25) is 14.8 Å². The summed E-state index contributed by atoms with van der Waals surface area (Å²) in [6, 6.07) is 3.52. The molecule has 2 rings (SSSR count). The lowest BCUT2D eigenvalue weighted by Crippen LogP contribution is -2.08. The van der Waals surface area contributed by atoms with E-state index in [9.17, 15) is 4.79 Å². The Morgan fingerprint density at radius 2 is 2.00 bits per heavy atom. The molecule has 4 nitrogen and oxygen atoms in total. The maximum atomic E-state index is 12.4. The fraction of sp³-hybridized carbons (Fsp3) is 0.267. The van der Waals surface area contributed by atoms with Crippen molar-refractivity contribution in [2.24, 2.45) is 0 Å². The Morgan fingerprint density at radius 1 is 1.21 bits per heavy atom. The van der Waals surface area contributed by atoms with Crippen molar-refractivity contribution in [2.75, 3.05) is 0 Å². The second kappa shape index (κ2) is 5.61. The van der Waals surface area contributed by atoms with Crippen molar-refractivity contribution >= 4 is 5.78 Å². The zero-order valence-electron chi connectivity index (χ0n) is 11.3. The van der Waals surface area contributed by atoms with E-state index >= 15 is 0 Å². The second-order valence-electron chi connectivity index (χ2n) is 4.60. The molecule has 0 N–H and O–H groups in total. The average molecular weight is 256 g/mol. The number of aryl methyl sites for hydroxylation is 1. The summed E-state index contributed by atoms with van der Waals surface area (Å²) >= 11 is 0. The Balaban J connectivity index is 2.32. The molecule has 0 atom stereocenters. The summed E-state index contributed by atoms with van der Waals surface area (Å²) in [5.41, 5.74) is 2.00. The Bertz CT molecular complexity index is 594. The van der Waals surface area contributed by atoms with Gasteiger partial charge in [-0.25, -0.2) is 0 Å². The molecule has 0 unspecified atom stereocenters. The van der Waals surface area contributed by atoms with E-state index in [1.54, 1.807) is 30.9 Å². The fourth-order valence-electron chi connectivity index (χ4n) is 1.74. The van der Waals surface area contributed by atoms with Crippen LogP contribution < -0.4 is 4.74 Å². The van der Waals surface area contributed by atoms with Gasteiger partial charge >= 0.3 is 0 Å². The van der Waals surface area contributed by atoms with Crippen molar-refractivity contribution in [2.45, 2.75) is 26.9 Å². The first kappa shape index (κ1) is 13.2. The van der Waals surface area contributed by atoms with Gasteiger partial charge in [0.2, 0.25) is 0 Å². The van der Waals surface area contributed by atoms with Crippen LogP contribution in [-0.2, 0) is 0 Å². The minimum absolute atomic E-state index is 0.0484. The van der Waals surface area contributed by atoms with Crippen LogP contribution in [0.2, 0.25) is 0 Å². The van der Waals surface area contributed by atoms with Gasteiger partial charge in [0.25, 0.3) is 0 Å². The molecule has 0 fully saturated rings. The molecular formula is C15H16N2O2. The molecule has 2 aromatic rings. The zero-order chi connectivity index (χ0) is 13.8. The van der Waals surface area contributed by atoms with Gasteiger partial charge in [-0.15, -0.1) is 0 Å². The van der Waals surface area contributed by atoms with E-state index in [0.717, 1.165) is 5.56 Å². The third-order valence-corrected chi connectivity index (χ3v) is 2.63. The third-order valence-electron chi connectivity index (χ3n) is 2.63. The molecule has 98 valence electrons. The Morgan fingerprint density at radius 3 is 2.68 bits per heavy atom. The first-order valence-corrected chi connectivity index (χ1v) is 6.15. The highest BCUT2D eigenvalue weighted by atomic mass is 16.5. The van der Waals surface area contributed by atoms with Crippen molar-refractivity contribution in [3.05, 3.63) is 53.6 Å². The number of rotatable bonds is 4. The first-order valence-electron chi connectivity index (χ1n) is 6.15. The molecule has 19 heavy (non-hydrogen) atoms. The number of hydrogen-bond acceptors (Lipinski definition) is 4. The molecule has 0 aliphatic rings. The molecule has 4 heteroatoms. The fourth-order valence-corrected chi connectivity index (χ4v) is 1.74. The minimum Gasteiger partial charge on any atom is -0.489 e. The number of pyridine rings is 2. The number of aromatic nitrogens is 2. The minimum atomic E-state index is -0.0905. The van der Waals surface area contributed by atoms with Crippen LogP contribution in [0.4, 0.5) is 0 Å². The van der Waals surface area contributed by atoms with E-state index in [0.29, 0.717) is 16.9 Å². The van der Waals surface area contributed by atoms with Gasteiger partial charge in [-0.05, 0) is 38.5 Å². The lowest BCUT2D eigenvalue weighted by atomic mass is 10.0. The van der Waals surface area contributed by atoms with Crippen molar-refractivity contribution < 1.29 is 9.53 Å². The summed E-state index contributed by atoms with van der Waals surface area (Å²) in [4.78, 5) is 20.4. The molecular weight excluding hydrogens is 240 g/mol. The van der Waals surface area contributed by atoms with Crippen molar-refractivity contribution in [1.29, 1.82) is 0 Å². The van der Waals surface area contributed by atoms with Gasteiger partial charge in [0, 0.05) is 29.7 Å². The highest BCUT2D eigenvalue weighted by molar-refractivity contribution is 6.09. The van der Waals surface area contributed by atoms with E-state index in [1.165, 1.54) is 0 Å². The predicted octanol–water partition coefficient (Wildman–Crippen LogP) is 2.80. The van der Waals surface area contributed by atoms with Gasteiger partial charge < -0.3 is 4.74 Å². The van der Waals surface area contributed by atoms with Gasteiger partial charge in [0.15, 0.2) is 5.78 Å². The molecule has 0 aromatic carbocycles. The van der Waals surface area contributed by atoms with Gasteiger partial charge in [0.1, 0.15) is 5.75 Å². The van der Waals surface area contributed by atoms with Crippen molar-refractivity contribution in [1.82, 2.24) is 9.97 Å². The summed E-state index contributed by atoms with van der Waals surface area (Å²) in [7, 11) is 0. The lowest BCUT2D eigenvalue weighted by Gasteiger charge is -2.10. The smallest absolute Gasteiger partial charge is 0.196 e. The maximum Gasteiger partial charge on any atom is 0.196 e. The Hall–Kier alpha value is -2.23. The van der Waals surface area contributed by atoms with E-state index in [1.807, 2.05) is 26.8 Å². The quantitative estimate of drug-likeness (QED) is 0.789. The van der Waals surface area contributed by atoms with Gasteiger partial charge in [-0.1, -0.05) is 0 Å². The number of carbonyl (C=O) groups is 1.